The molecule has 2 aromatic carbocycles. The van der Waals surface area contributed by atoms with Crippen LogP contribution in [0.5, 0.6) is 17.2 Å². The van der Waals surface area contributed by atoms with Gasteiger partial charge in [-0.3, -0.25) is 9.59 Å². The largest absolute Gasteiger partial charge is 0.493 e. The number of carbonyl (C=O) groups excluding carboxylic acids is 1. The Morgan fingerprint density at radius 1 is 1.13 bits per heavy atom. The van der Waals surface area contributed by atoms with Crippen LogP contribution in [-0.2, 0) is 16.1 Å². The van der Waals surface area contributed by atoms with Crippen molar-refractivity contribution in [1.29, 1.82) is 0 Å². The predicted molar refractivity (Wildman–Crippen MR) is 110 cm³/mol. The fourth-order valence-corrected chi connectivity index (χ4v) is 3.16. The summed E-state index contributed by atoms with van der Waals surface area (Å²) >= 11 is 0. The number of amides is 1. The Morgan fingerprint density at radius 3 is 2.23 bits per heavy atom. The van der Waals surface area contributed by atoms with E-state index in [0.29, 0.717) is 42.5 Å². The average Bonchev–Trinajstić information content (AvgIpc) is 3.27. The molecule has 8 nitrogen and oxygen atoms in total. The molecule has 2 aromatic rings. The fourth-order valence-electron chi connectivity index (χ4n) is 3.16. The van der Waals surface area contributed by atoms with Crippen LogP contribution in [0.3, 0.4) is 0 Å². The Balaban J connectivity index is 0.00000101. The van der Waals surface area contributed by atoms with Crippen LogP contribution in [0.2, 0.25) is 0 Å². The topological polar surface area (TPSA) is 94.5 Å². The zero-order valence-electron chi connectivity index (χ0n) is 17.4. The third kappa shape index (κ3) is 5.87. The van der Waals surface area contributed by atoms with Crippen LogP contribution in [-0.4, -0.2) is 62.9 Å². The number of benzene rings is 2. The first-order valence-corrected chi connectivity index (χ1v) is 9.40. The number of methoxy groups -OCH3 is 3. The standard InChI is InChI=1S/C21H25NO5.CH2O2/c1-24-17-9-10-22(13-17)21(23)16-11-18(25-2)20(19(12-16)26-3)27-14-15-7-5-4-6-8-15;2-1-3/h4-8,11-12,17H,9-10,13-14H2,1-3H3;1H,(H,2,3)/t17-;/m1./s1. The van der Waals surface area contributed by atoms with Gasteiger partial charge in [0.25, 0.3) is 12.4 Å². The Kier molecular flexibility index (Phi) is 8.96. The molecule has 1 fully saturated rings. The maximum atomic E-state index is 12.9. The summed E-state index contributed by atoms with van der Waals surface area (Å²) < 4.78 is 22.2. The van der Waals surface area contributed by atoms with Gasteiger partial charge in [-0.25, -0.2) is 0 Å². The monoisotopic (exact) mass is 417 g/mol. The number of ether oxygens (including phenoxy) is 4. The molecular formula is C22H27NO7. The highest BCUT2D eigenvalue weighted by atomic mass is 16.5. The van der Waals surface area contributed by atoms with Gasteiger partial charge in [0, 0.05) is 25.8 Å². The van der Waals surface area contributed by atoms with Crippen molar-refractivity contribution in [2.24, 2.45) is 0 Å². The third-order valence-electron chi connectivity index (χ3n) is 4.70. The Hall–Kier alpha value is -3.26. The van der Waals surface area contributed by atoms with Crippen molar-refractivity contribution >= 4 is 12.4 Å². The summed E-state index contributed by atoms with van der Waals surface area (Å²) in [5.74, 6) is 1.35. The predicted octanol–water partition coefficient (Wildman–Crippen LogP) is 2.84. The SMILES string of the molecule is COc1cc(C(=O)N2CC[C@@H](OC)C2)cc(OC)c1OCc1ccccc1.O=CO. The van der Waals surface area contributed by atoms with Crippen molar-refractivity contribution in [3.05, 3.63) is 53.6 Å². The lowest BCUT2D eigenvalue weighted by Crippen LogP contribution is -2.30. The van der Waals surface area contributed by atoms with Crippen molar-refractivity contribution in [3.63, 3.8) is 0 Å². The highest BCUT2D eigenvalue weighted by molar-refractivity contribution is 5.95. The first kappa shape index (κ1) is 23.0. The van der Waals surface area contributed by atoms with E-state index in [1.54, 1.807) is 38.4 Å². The van der Waals surface area contributed by atoms with Crippen molar-refractivity contribution in [1.82, 2.24) is 4.90 Å². The summed E-state index contributed by atoms with van der Waals surface area (Å²) in [6.07, 6.45) is 0.931. The van der Waals surface area contributed by atoms with Crippen molar-refractivity contribution in [3.8, 4) is 17.2 Å². The molecule has 0 radical (unpaired) electrons. The molecule has 1 amide bonds. The zero-order chi connectivity index (χ0) is 21.9. The molecule has 1 saturated heterocycles. The minimum atomic E-state index is -0.250. The number of nitrogens with zero attached hydrogens (tertiary/aromatic N) is 1. The van der Waals surface area contributed by atoms with E-state index in [0.717, 1.165) is 12.0 Å². The Morgan fingerprint density at radius 2 is 1.73 bits per heavy atom. The van der Waals surface area contributed by atoms with E-state index < -0.39 is 0 Å². The number of carbonyl (C=O) groups is 2. The molecule has 162 valence electrons. The number of likely N-dealkylation sites (tertiary alicyclic amines) is 1. The van der Waals surface area contributed by atoms with Crippen molar-refractivity contribution < 1.29 is 33.6 Å². The van der Waals surface area contributed by atoms with Crippen LogP contribution in [0.25, 0.3) is 0 Å². The van der Waals surface area contributed by atoms with Gasteiger partial charge >= 0.3 is 0 Å². The lowest BCUT2D eigenvalue weighted by Gasteiger charge is -2.19. The normalized spacial score (nSPS) is 15.0. The van der Waals surface area contributed by atoms with Crippen molar-refractivity contribution in [2.75, 3.05) is 34.4 Å². The van der Waals surface area contributed by atoms with E-state index in [1.807, 2.05) is 30.3 Å². The summed E-state index contributed by atoms with van der Waals surface area (Å²) in [5, 5.41) is 6.89. The molecule has 0 aliphatic carbocycles. The molecule has 1 heterocycles. The highest BCUT2D eigenvalue weighted by Crippen LogP contribution is 2.39. The molecule has 0 spiro atoms. The lowest BCUT2D eigenvalue weighted by molar-refractivity contribution is -0.122. The summed E-state index contributed by atoms with van der Waals surface area (Å²) in [6, 6.07) is 13.2. The van der Waals surface area contributed by atoms with E-state index in [9.17, 15) is 4.79 Å². The van der Waals surface area contributed by atoms with Crippen LogP contribution in [0.4, 0.5) is 0 Å². The van der Waals surface area contributed by atoms with E-state index in [4.69, 9.17) is 28.8 Å². The Bertz CT molecular complexity index is 800. The van der Waals surface area contributed by atoms with Gasteiger partial charge in [-0.05, 0) is 24.1 Å². The first-order valence-electron chi connectivity index (χ1n) is 9.40. The molecular weight excluding hydrogens is 390 g/mol. The number of rotatable bonds is 7. The van der Waals surface area contributed by atoms with Crippen molar-refractivity contribution in [2.45, 2.75) is 19.1 Å². The average molecular weight is 417 g/mol. The first-order chi connectivity index (χ1) is 14.6. The number of hydrogen-bond acceptors (Lipinski definition) is 6. The molecule has 1 atom stereocenters. The van der Waals surface area contributed by atoms with Crippen LogP contribution in [0, 0.1) is 0 Å². The molecule has 8 heteroatoms. The second-order valence-corrected chi connectivity index (χ2v) is 6.49. The van der Waals surface area contributed by atoms with E-state index >= 15 is 0 Å². The van der Waals surface area contributed by atoms with Crippen LogP contribution < -0.4 is 14.2 Å². The van der Waals surface area contributed by atoms with Crippen LogP contribution in [0.15, 0.2) is 42.5 Å². The molecule has 1 aliphatic rings. The van der Waals surface area contributed by atoms with Crippen LogP contribution >= 0.6 is 0 Å². The van der Waals surface area contributed by atoms with Gasteiger partial charge in [-0.1, -0.05) is 30.3 Å². The van der Waals surface area contributed by atoms with Gasteiger partial charge in [0.05, 0.1) is 20.3 Å². The van der Waals surface area contributed by atoms with Gasteiger partial charge in [-0.2, -0.15) is 0 Å². The van der Waals surface area contributed by atoms with E-state index in [2.05, 4.69) is 0 Å². The summed E-state index contributed by atoms with van der Waals surface area (Å²) in [7, 11) is 4.77. The maximum Gasteiger partial charge on any atom is 0.290 e. The van der Waals surface area contributed by atoms with Gasteiger partial charge in [0.2, 0.25) is 5.75 Å². The summed E-state index contributed by atoms with van der Waals surface area (Å²) in [5.41, 5.74) is 1.54. The molecule has 3 rings (SSSR count). The van der Waals surface area contributed by atoms with Gasteiger partial charge in [-0.15, -0.1) is 0 Å². The van der Waals surface area contributed by atoms with E-state index in [1.165, 1.54) is 0 Å². The minimum absolute atomic E-state index is 0.0687. The lowest BCUT2D eigenvalue weighted by atomic mass is 10.1. The second-order valence-electron chi connectivity index (χ2n) is 6.49. The van der Waals surface area contributed by atoms with E-state index in [-0.39, 0.29) is 18.5 Å². The maximum absolute atomic E-state index is 12.9. The quantitative estimate of drug-likeness (QED) is 0.692. The number of hydrogen-bond donors (Lipinski definition) is 1. The number of carboxylic acid groups (broad SMARTS) is 1. The molecule has 1 aliphatic heterocycles. The van der Waals surface area contributed by atoms with Crippen LogP contribution in [0.1, 0.15) is 22.3 Å². The minimum Gasteiger partial charge on any atom is -0.493 e. The second kappa shape index (κ2) is 11.7. The zero-order valence-corrected chi connectivity index (χ0v) is 17.4. The van der Waals surface area contributed by atoms with Gasteiger partial charge < -0.3 is 29.0 Å². The highest BCUT2D eigenvalue weighted by Gasteiger charge is 2.28. The molecule has 0 saturated carbocycles. The molecule has 0 aromatic heterocycles. The summed E-state index contributed by atoms with van der Waals surface area (Å²) in [4.78, 5) is 23.0. The molecule has 0 unspecified atom stereocenters. The smallest absolute Gasteiger partial charge is 0.290 e. The molecule has 0 bridgehead atoms. The summed E-state index contributed by atoms with van der Waals surface area (Å²) in [6.45, 7) is 1.39. The Labute approximate surface area is 175 Å². The van der Waals surface area contributed by atoms with Gasteiger partial charge in [0.15, 0.2) is 11.5 Å². The fraction of sp³-hybridized carbons (Fsp3) is 0.364. The third-order valence-corrected chi connectivity index (χ3v) is 4.70. The molecule has 1 N–H and O–H groups in total. The van der Waals surface area contributed by atoms with Gasteiger partial charge in [0.1, 0.15) is 6.61 Å². The molecule has 30 heavy (non-hydrogen) atoms.